The van der Waals surface area contributed by atoms with Crippen molar-refractivity contribution in [2.24, 2.45) is 0 Å². The molecule has 0 heterocycles. The van der Waals surface area contributed by atoms with Crippen LogP contribution in [-0.4, -0.2) is 48.8 Å². The van der Waals surface area contributed by atoms with Gasteiger partial charge in [0.25, 0.3) is 0 Å². The summed E-state index contributed by atoms with van der Waals surface area (Å²) >= 11 is 0. The second kappa shape index (κ2) is 22.8. The third-order valence-corrected chi connectivity index (χ3v) is 0.211. The van der Waals surface area contributed by atoms with E-state index < -0.39 is 0 Å². The zero-order chi connectivity index (χ0) is 9.70. The van der Waals surface area contributed by atoms with Gasteiger partial charge in [-0.2, -0.15) is 0 Å². The highest BCUT2D eigenvalue weighted by Gasteiger charge is 1.68. The molecule has 4 nitrogen and oxygen atoms in total. The monoisotopic (exact) mass is 165 g/mol. The van der Waals surface area contributed by atoms with E-state index in [0.29, 0.717) is 0 Å². The minimum Gasteiger partial charge on any atom is -0.397 e. The average molecular weight is 165 g/mol. The predicted octanol–water partition coefficient (Wildman–Crippen LogP) is -0.298. The summed E-state index contributed by atoms with van der Waals surface area (Å²) < 4.78 is 0. The van der Waals surface area contributed by atoms with Crippen LogP contribution in [-0.2, 0) is 4.79 Å². The van der Waals surface area contributed by atoms with E-state index in [4.69, 9.17) is 10.2 Å². The van der Waals surface area contributed by atoms with Crippen LogP contribution in [0.15, 0.2) is 0 Å². The molecule has 0 rings (SSSR count). The maximum absolute atomic E-state index is 9.43. The molecule has 0 aliphatic heterocycles. The van der Waals surface area contributed by atoms with Crippen LogP contribution in [0.3, 0.4) is 0 Å². The third-order valence-electron chi connectivity index (χ3n) is 0.211. The van der Waals surface area contributed by atoms with Gasteiger partial charge in [-0.1, -0.05) is 0 Å². The minimum atomic E-state index is 0.250. The molecular weight excluding hydrogens is 146 g/mol. The summed E-state index contributed by atoms with van der Waals surface area (Å²) in [7, 11) is 3.38. The van der Waals surface area contributed by atoms with E-state index in [1.165, 1.54) is 4.90 Å². The van der Waals surface area contributed by atoms with Crippen LogP contribution < -0.4 is 0 Å². The van der Waals surface area contributed by atoms with Gasteiger partial charge in [0.1, 0.15) is 0 Å². The van der Waals surface area contributed by atoms with Gasteiger partial charge < -0.3 is 15.1 Å². The molecule has 2 N–H and O–H groups in total. The summed E-state index contributed by atoms with van der Waals surface area (Å²) in [6.45, 7) is 3.86. The molecule has 0 aliphatic carbocycles. The van der Waals surface area contributed by atoms with Crippen molar-refractivity contribution in [3.8, 4) is 0 Å². The summed E-state index contributed by atoms with van der Waals surface area (Å²) in [4.78, 5) is 10.9. The zero-order valence-corrected chi connectivity index (χ0v) is 7.74. The topological polar surface area (TPSA) is 60.8 Å². The Morgan fingerprint density at radius 2 is 1.27 bits per heavy atom. The second-order valence-electron chi connectivity index (χ2n) is 1.70. The van der Waals surface area contributed by atoms with E-state index in [1.54, 1.807) is 27.9 Å². The van der Waals surface area contributed by atoms with E-state index in [-0.39, 0.29) is 13.2 Å². The molecule has 0 saturated carbocycles. The smallest absolute Gasteiger partial charge is 0.209 e. The SMILES string of the molecule is CCO.CCO.CN(C)C=O. The van der Waals surface area contributed by atoms with Crippen molar-refractivity contribution in [2.45, 2.75) is 13.8 Å². The number of hydrogen-bond acceptors (Lipinski definition) is 3. The fourth-order valence-electron chi connectivity index (χ4n) is 0. The predicted molar refractivity (Wildman–Crippen MR) is 45.3 cm³/mol. The fourth-order valence-corrected chi connectivity index (χ4v) is 0. The van der Waals surface area contributed by atoms with Gasteiger partial charge in [0.05, 0.1) is 0 Å². The van der Waals surface area contributed by atoms with Crippen LogP contribution in [0.2, 0.25) is 0 Å². The van der Waals surface area contributed by atoms with Crippen molar-refractivity contribution in [2.75, 3.05) is 27.3 Å². The Labute approximate surface area is 68.5 Å². The Morgan fingerprint density at radius 1 is 1.18 bits per heavy atom. The fraction of sp³-hybridized carbons (Fsp3) is 0.857. The molecular formula is C7H19NO3. The lowest BCUT2D eigenvalue weighted by molar-refractivity contribution is -0.115. The maximum atomic E-state index is 9.43. The lowest BCUT2D eigenvalue weighted by Gasteiger charge is -1.93. The van der Waals surface area contributed by atoms with Crippen LogP contribution >= 0.6 is 0 Å². The molecule has 0 fully saturated rings. The summed E-state index contributed by atoms with van der Waals surface area (Å²) in [6.07, 6.45) is 0.750. The number of aliphatic hydroxyl groups excluding tert-OH is 2. The molecule has 11 heavy (non-hydrogen) atoms. The quantitative estimate of drug-likeness (QED) is 0.524. The highest BCUT2D eigenvalue weighted by atomic mass is 16.3. The molecule has 0 spiro atoms. The molecule has 0 atom stereocenters. The lowest BCUT2D eigenvalue weighted by atomic mass is 10.9. The summed E-state index contributed by atoms with van der Waals surface area (Å²) in [5.74, 6) is 0. The number of carbonyl (C=O) groups excluding carboxylic acids is 1. The van der Waals surface area contributed by atoms with Crippen molar-refractivity contribution < 1.29 is 15.0 Å². The Morgan fingerprint density at radius 3 is 1.27 bits per heavy atom. The second-order valence-corrected chi connectivity index (χ2v) is 1.70. The highest BCUT2D eigenvalue weighted by Crippen LogP contribution is 1.52. The summed E-state index contributed by atoms with van der Waals surface area (Å²) in [5.41, 5.74) is 0. The number of aliphatic hydroxyl groups is 2. The van der Waals surface area contributed by atoms with Crippen LogP contribution in [0, 0.1) is 0 Å². The number of nitrogens with zero attached hydrogens (tertiary/aromatic N) is 1. The molecule has 1 amide bonds. The first-order chi connectivity index (χ1) is 5.10. The van der Waals surface area contributed by atoms with Gasteiger partial charge in [-0.15, -0.1) is 0 Å². The van der Waals surface area contributed by atoms with Crippen molar-refractivity contribution in [3.05, 3.63) is 0 Å². The highest BCUT2D eigenvalue weighted by molar-refractivity contribution is 5.45. The number of rotatable bonds is 1. The first-order valence-corrected chi connectivity index (χ1v) is 3.43. The number of carbonyl (C=O) groups is 1. The van der Waals surface area contributed by atoms with Gasteiger partial charge in [-0.25, -0.2) is 0 Å². The van der Waals surface area contributed by atoms with Gasteiger partial charge in [0, 0.05) is 27.3 Å². The molecule has 0 aromatic carbocycles. The minimum absolute atomic E-state index is 0.250. The Hall–Kier alpha value is -0.610. The zero-order valence-electron chi connectivity index (χ0n) is 7.74. The molecule has 0 aliphatic rings. The molecule has 0 unspecified atom stereocenters. The van der Waals surface area contributed by atoms with Gasteiger partial charge >= 0.3 is 0 Å². The maximum Gasteiger partial charge on any atom is 0.209 e. The van der Waals surface area contributed by atoms with E-state index in [0.717, 1.165) is 6.41 Å². The molecule has 0 radical (unpaired) electrons. The largest absolute Gasteiger partial charge is 0.397 e. The summed E-state index contributed by atoms with van der Waals surface area (Å²) in [6, 6.07) is 0. The molecule has 0 aromatic heterocycles. The molecule has 4 heteroatoms. The van der Waals surface area contributed by atoms with Gasteiger partial charge in [0.15, 0.2) is 0 Å². The Balaban J connectivity index is -0.0000000933. The van der Waals surface area contributed by atoms with Crippen molar-refractivity contribution >= 4 is 6.41 Å². The molecule has 0 saturated heterocycles. The standard InChI is InChI=1S/C3H7NO.2C2H6O/c1-4(2)3-5;2*1-2-3/h3H,1-2H3;2*3H,2H2,1H3. The number of hydrogen-bond donors (Lipinski definition) is 2. The van der Waals surface area contributed by atoms with Gasteiger partial charge in [0.2, 0.25) is 6.41 Å². The summed E-state index contributed by atoms with van der Waals surface area (Å²) in [5, 5.41) is 15.1. The first kappa shape index (κ1) is 16.8. The average Bonchev–Trinajstić information content (AvgIpc) is 1.91. The molecule has 70 valence electrons. The first-order valence-electron chi connectivity index (χ1n) is 3.43. The van der Waals surface area contributed by atoms with E-state index in [9.17, 15) is 4.79 Å². The van der Waals surface area contributed by atoms with E-state index in [2.05, 4.69) is 0 Å². The van der Waals surface area contributed by atoms with Crippen molar-refractivity contribution in [3.63, 3.8) is 0 Å². The molecule has 0 aromatic rings. The van der Waals surface area contributed by atoms with Crippen LogP contribution in [0.25, 0.3) is 0 Å². The van der Waals surface area contributed by atoms with Crippen molar-refractivity contribution in [1.82, 2.24) is 4.90 Å². The van der Waals surface area contributed by atoms with E-state index >= 15 is 0 Å². The van der Waals surface area contributed by atoms with Gasteiger partial charge in [-0.05, 0) is 13.8 Å². The Kier molecular flexibility index (Phi) is 34.7. The lowest BCUT2D eigenvalue weighted by Crippen LogP contribution is -2.06. The Bertz CT molecular complexity index is 55.6. The molecule has 0 bridgehead atoms. The van der Waals surface area contributed by atoms with E-state index in [1.807, 2.05) is 0 Å². The third kappa shape index (κ3) is 265. The van der Waals surface area contributed by atoms with Crippen LogP contribution in [0.5, 0.6) is 0 Å². The number of amides is 1. The normalized spacial score (nSPS) is 6.36. The van der Waals surface area contributed by atoms with Crippen LogP contribution in [0.1, 0.15) is 13.8 Å². The van der Waals surface area contributed by atoms with Crippen molar-refractivity contribution in [1.29, 1.82) is 0 Å². The van der Waals surface area contributed by atoms with Gasteiger partial charge in [-0.3, -0.25) is 4.79 Å². The van der Waals surface area contributed by atoms with Crippen LogP contribution in [0.4, 0.5) is 0 Å².